The molecule has 2 aromatic heterocycles. The van der Waals surface area contributed by atoms with Crippen LogP contribution in [-0.2, 0) is 29.0 Å². The van der Waals surface area contributed by atoms with Crippen molar-refractivity contribution in [3.63, 3.8) is 0 Å². The zero-order valence-corrected chi connectivity index (χ0v) is 20.6. The van der Waals surface area contributed by atoms with Crippen LogP contribution in [0.2, 0.25) is 0 Å². The van der Waals surface area contributed by atoms with Gasteiger partial charge in [-0.1, -0.05) is 54.6 Å². The average Bonchev–Trinajstić information content (AvgIpc) is 3.57. The van der Waals surface area contributed by atoms with Crippen LogP contribution < -0.4 is 10.6 Å². The zero-order chi connectivity index (χ0) is 26.5. The van der Waals surface area contributed by atoms with Crippen LogP contribution in [0.4, 0.5) is 0 Å². The van der Waals surface area contributed by atoms with Crippen LogP contribution in [0.15, 0.2) is 95.7 Å². The second kappa shape index (κ2) is 11.4. The minimum absolute atomic E-state index is 0.122. The van der Waals surface area contributed by atoms with Gasteiger partial charge in [0.15, 0.2) is 0 Å². The summed E-state index contributed by atoms with van der Waals surface area (Å²) in [6.07, 6.45) is 3.68. The molecule has 0 radical (unpaired) electrons. The highest BCUT2D eigenvalue weighted by Gasteiger charge is 2.33. The van der Waals surface area contributed by atoms with Gasteiger partial charge in [0.2, 0.25) is 11.8 Å². The third-order valence-corrected chi connectivity index (χ3v) is 6.69. The Labute approximate surface area is 219 Å². The predicted molar refractivity (Wildman–Crippen MR) is 146 cm³/mol. The van der Waals surface area contributed by atoms with Gasteiger partial charge in [0, 0.05) is 23.6 Å². The summed E-state index contributed by atoms with van der Waals surface area (Å²) in [5.41, 5.74) is 4.11. The maximum absolute atomic E-state index is 13.4. The third-order valence-electron chi connectivity index (χ3n) is 6.69. The maximum atomic E-state index is 13.4. The molecule has 2 amide bonds. The van der Waals surface area contributed by atoms with E-state index >= 15 is 0 Å². The summed E-state index contributed by atoms with van der Waals surface area (Å²) in [6, 6.07) is 24.4. The van der Waals surface area contributed by atoms with Gasteiger partial charge in [0.05, 0.1) is 12.2 Å². The minimum atomic E-state index is -1.83. The number of hydrogen-bond acceptors (Lipinski definition) is 5. The summed E-state index contributed by atoms with van der Waals surface area (Å²) < 4.78 is 5.55. The molecule has 0 aliphatic rings. The van der Waals surface area contributed by atoms with Gasteiger partial charge < -0.3 is 30.1 Å². The fourth-order valence-electron chi connectivity index (χ4n) is 4.62. The van der Waals surface area contributed by atoms with E-state index in [4.69, 9.17) is 4.42 Å². The maximum Gasteiger partial charge on any atom is 0.475 e. The quantitative estimate of drug-likeness (QED) is 0.146. The second-order valence-corrected chi connectivity index (χ2v) is 9.35. The Kier molecular flexibility index (Phi) is 7.58. The van der Waals surface area contributed by atoms with Gasteiger partial charge >= 0.3 is 7.12 Å². The lowest BCUT2D eigenvalue weighted by Gasteiger charge is -2.22. The highest BCUT2D eigenvalue weighted by Crippen LogP contribution is 2.22. The number of furan rings is 1. The monoisotopic (exact) mass is 509 g/mol. The largest absolute Gasteiger partial charge is 0.475 e. The number of aromatic nitrogens is 1. The molecule has 2 atom stereocenters. The number of H-pyrrole nitrogens is 1. The molecule has 0 bridgehead atoms. The molecule has 0 aliphatic heterocycles. The summed E-state index contributed by atoms with van der Waals surface area (Å²) in [5, 5.41) is 27.6. The van der Waals surface area contributed by atoms with Crippen LogP contribution in [0.25, 0.3) is 21.9 Å². The molecule has 3 aromatic carbocycles. The van der Waals surface area contributed by atoms with Crippen LogP contribution >= 0.6 is 0 Å². The van der Waals surface area contributed by atoms with Crippen LogP contribution in [0.1, 0.15) is 16.7 Å². The molecule has 0 spiro atoms. The molecule has 38 heavy (non-hydrogen) atoms. The van der Waals surface area contributed by atoms with Crippen LogP contribution in [0, 0.1) is 5.92 Å². The first kappa shape index (κ1) is 25.3. The van der Waals surface area contributed by atoms with Crippen molar-refractivity contribution in [1.82, 2.24) is 15.6 Å². The van der Waals surface area contributed by atoms with Crippen molar-refractivity contribution in [3.05, 3.63) is 108 Å². The van der Waals surface area contributed by atoms with E-state index in [1.165, 1.54) is 0 Å². The zero-order valence-electron chi connectivity index (χ0n) is 20.6. The van der Waals surface area contributed by atoms with Gasteiger partial charge in [0.1, 0.15) is 11.5 Å². The Hall–Kier alpha value is -4.34. The second-order valence-electron chi connectivity index (χ2n) is 9.35. The van der Waals surface area contributed by atoms with E-state index in [0.29, 0.717) is 5.58 Å². The molecular weight excluding hydrogens is 481 g/mol. The van der Waals surface area contributed by atoms with E-state index < -0.39 is 30.8 Å². The van der Waals surface area contributed by atoms with Gasteiger partial charge in [-0.3, -0.25) is 9.59 Å². The molecule has 5 rings (SSSR count). The van der Waals surface area contributed by atoms with Gasteiger partial charge in [-0.2, -0.15) is 0 Å². The standard InChI is InChI=1S/C29H28BN3O5/c34-28(32-17-20-10-11-25-21(14-20)12-13-31-25)24(15-19-6-2-1-3-7-19)29(35)33-27(30(36)37)16-22-18-38-26-9-5-4-8-23(22)26/h1-14,18,24,27,31,36-37H,15-17H2,(H,32,34)(H,33,35). The molecule has 0 saturated carbocycles. The molecule has 2 heterocycles. The van der Waals surface area contributed by atoms with Crippen molar-refractivity contribution >= 4 is 40.8 Å². The number of benzene rings is 3. The summed E-state index contributed by atoms with van der Waals surface area (Å²) in [7, 11) is -1.83. The van der Waals surface area contributed by atoms with Crippen molar-refractivity contribution < 1.29 is 24.1 Å². The predicted octanol–water partition coefficient (Wildman–Crippen LogP) is 3.13. The first-order valence-electron chi connectivity index (χ1n) is 12.5. The van der Waals surface area contributed by atoms with Crippen molar-refractivity contribution in [1.29, 1.82) is 0 Å². The van der Waals surface area contributed by atoms with Crippen molar-refractivity contribution in [2.45, 2.75) is 25.3 Å². The lowest BCUT2D eigenvalue weighted by Crippen LogP contribution is -2.52. The summed E-state index contributed by atoms with van der Waals surface area (Å²) in [5.74, 6) is -3.14. The lowest BCUT2D eigenvalue weighted by molar-refractivity contribution is -0.135. The molecule has 0 aliphatic carbocycles. The van der Waals surface area contributed by atoms with Crippen LogP contribution in [0.3, 0.4) is 0 Å². The summed E-state index contributed by atoms with van der Waals surface area (Å²) in [4.78, 5) is 29.9. The van der Waals surface area contributed by atoms with E-state index in [1.54, 1.807) is 6.26 Å². The molecule has 192 valence electrons. The number of aromatic amines is 1. The Balaban J connectivity index is 1.32. The number of hydrogen-bond donors (Lipinski definition) is 5. The number of carbonyl (C=O) groups excluding carboxylic acids is 2. The van der Waals surface area contributed by atoms with E-state index in [9.17, 15) is 19.6 Å². The topological polar surface area (TPSA) is 128 Å². The number of amides is 2. The smallest absolute Gasteiger partial charge is 0.464 e. The molecule has 0 fully saturated rings. The highest BCUT2D eigenvalue weighted by atomic mass is 16.4. The Morgan fingerprint density at radius 2 is 1.68 bits per heavy atom. The Morgan fingerprint density at radius 1 is 0.895 bits per heavy atom. The summed E-state index contributed by atoms with van der Waals surface area (Å²) >= 11 is 0. The van der Waals surface area contributed by atoms with Gasteiger partial charge in [0.25, 0.3) is 0 Å². The lowest BCUT2D eigenvalue weighted by atomic mass is 9.75. The minimum Gasteiger partial charge on any atom is -0.464 e. The molecular formula is C29H28BN3O5. The normalized spacial score (nSPS) is 12.8. The van der Waals surface area contributed by atoms with Gasteiger partial charge in [-0.05, 0) is 59.2 Å². The third kappa shape index (κ3) is 5.80. The molecule has 9 heteroatoms. The van der Waals surface area contributed by atoms with E-state index in [0.717, 1.165) is 33.0 Å². The van der Waals surface area contributed by atoms with Gasteiger partial charge in [-0.15, -0.1) is 0 Å². The van der Waals surface area contributed by atoms with E-state index in [2.05, 4.69) is 15.6 Å². The fourth-order valence-corrected chi connectivity index (χ4v) is 4.62. The molecule has 5 N–H and O–H groups in total. The molecule has 2 unspecified atom stereocenters. The van der Waals surface area contributed by atoms with Gasteiger partial charge in [-0.25, -0.2) is 0 Å². The van der Waals surface area contributed by atoms with Crippen LogP contribution in [-0.4, -0.2) is 39.9 Å². The average molecular weight is 509 g/mol. The van der Waals surface area contributed by atoms with Crippen molar-refractivity contribution in [2.24, 2.45) is 5.92 Å². The highest BCUT2D eigenvalue weighted by molar-refractivity contribution is 6.43. The number of rotatable bonds is 10. The van der Waals surface area contributed by atoms with E-state index in [1.807, 2.05) is 85.1 Å². The van der Waals surface area contributed by atoms with Crippen molar-refractivity contribution in [2.75, 3.05) is 0 Å². The molecule has 0 saturated heterocycles. The number of carbonyl (C=O) groups is 2. The number of fused-ring (bicyclic) bond motifs is 2. The SMILES string of the molecule is O=C(NCc1ccc2[nH]ccc2c1)C(Cc1ccccc1)C(=O)NC(Cc1coc2ccccc12)B(O)O. The molecule has 5 aromatic rings. The first-order chi connectivity index (χ1) is 18.5. The first-order valence-corrected chi connectivity index (χ1v) is 12.5. The Bertz CT molecular complexity index is 1550. The molecule has 8 nitrogen and oxygen atoms in total. The fraction of sp³-hybridized carbons (Fsp3) is 0.172. The van der Waals surface area contributed by atoms with Crippen LogP contribution in [0.5, 0.6) is 0 Å². The Morgan fingerprint density at radius 3 is 2.50 bits per heavy atom. The number of nitrogens with one attached hydrogen (secondary N) is 3. The van der Waals surface area contributed by atoms with Crippen molar-refractivity contribution in [3.8, 4) is 0 Å². The van der Waals surface area contributed by atoms with E-state index in [-0.39, 0.29) is 19.4 Å². The number of para-hydroxylation sites is 1. The summed E-state index contributed by atoms with van der Waals surface area (Å²) in [6.45, 7) is 0.256.